The maximum atomic E-state index is 12.3. The van der Waals surface area contributed by atoms with Gasteiger partial charge in [-0.05, 0) is 32.6 Å². The molecule has 0 aromatic heterocycles. The van der Waals surface area contributed by atoms with Gasteiger partial charge < -0.3 is 10.0 Å². The summed E-state index contributed by atoms with van der Waals surface area (Å²) in [5, 5.41) is 9.83. The molecule has 1 aliphatic rings. The molecule has 1 aromatic carbocycles. The van der Waals surface area contributed by atoms with E-state index < -0.39 is 0 Å². The number of halogens is 1. The zero-order valence-electron chi connectivity index (χ0n) is 11.9. The van der Waals surface area contributed by atoms with Gasteiger partial charge in [0, 0.05) is 29.2 Å². The molecule has 1 aliphatic heterocycles. The van der Waals surface area contributed by atoms with Gasteiger partial charge in [0.1, 0.15) is 0 Å². The molecule has 1 heterocycles. The minimum Gasteiger partial charge on any atom is -0.392 e. The zero-order valence-corrected chi connectivity index (χ0v) is 13.5. The average molecular weight is 341 g/mol. The number of hydrogen-bond acceptors (Lipinski definition) is 4. The molecule has 2 atom stereocenters. The molecular formula is C15H21BrN2O2. The number of rotatable bonds is 5. The van der Waals surface area contributed by atoms with Crippen molar-refractivity contribution in [2.75, 3.05) is 33.7 Å². The normalized spacial score (nSPS) is 23.4. The van der Waals surface area contributed by atoms with Crippen molar-refractivity contribution < 1.29 is 9.90 Å². The molecule has 4 nitrogen and oxygen atoms in total. The van der Waals surface area contributed by atoms with Crippen LogP contribution >= 0.6 is 15.9 Å². The number of hydrogen-bond donors (Lipinski definition) is 1. The van der Waals surface area contributed by atoms with Crippen LogP contribution in [0.1, 0.15) is 16.8 Å². The van der Waals surface area contributed by atoms with E-state index in [-0.39, 0.29) is 17.9 Å². The number of nitrogens with zero attached hydrogens (tertiary/aromatic N) is 2. The van der Waals surface area contributed by atoms with Crippen LogP contribution in [0.3, 0.4) is 0 Å². The van der Waals surface area contributed by atoms with Gasteiger partial charge in [-0.2, -0.15) is 0 Å². The highest BCUT2D eigenvalue weighted by Gasteiger charge is 2.32. The molecule has 1 aromatic rings. The van der Waals surface area contributed by atoms with E-state index in [9.17, 15) is 9.90 Å². The monoisotopic (exact) mass is 340 g/mol. The van der Waals surface area contributed by atoms with Crippen molar-refractivity contribution in [2.24, 2.45) is 0 Å². The van der Waals surface area contributed by atoms with Crippen LogP contribution in [0.15, 0.2) is 28.7 Å². The molecular weight excluding hydrogens is 320 g/mol. The number of aliphatic hydroxyl groups excluding tert-OH is 1. The van der Waals surface area contributed by atoms with E-state index in [0.717, 1.165) is 17.4 Å². The number of Topliss-reactive ketones (excluding diaryl/α,β-unsaturated/α-hetero) is 1. The second kappa shape index (κ2) is 6.80. The number of carbonyl (C=O) groups excluding carboxylic acids is 1. The largest absolute Gasteiger partial charge is 0.392 e. The Morgan fingerprint density at radius 3 is 2.90 bits per heavy atom. The van der Waals surface area contributed by atoms with Gasteiger partial charge >= 0.3 is 0 Å². The molecule has 20 heavy (non-hydrogen) atoms. The summed E-state index contributed by atoms with van der Waals surface area (Å²) in [6.07, 6.45) is 0.416. The molecule has 1 N–H and O–H groups in total. The SMILES string of the molecule is CN(C)CC1CC(O)CN1CC(=O)c1cccc(Br)c1. The molecule has 0 bridgehead atoms. The van der Waals surface area contributed by atoms with Crippen molar-refractivity contribution in [1.82, 2.24) is 9.80 Å². The number of carbonyl (C=O) groups is 1. The van der Waals surface area contributed by atoms with Gasteiger partial charge in [-0.25, -0.2) is 0 Å². The fraction of sp³-hybridized carbons (Fsp3) is 0.533. The van der Waals surface area contributed by atoms with Crippen LogP contribution in [-0.2, 0) is 0 Å². The maximum Gasteiger partial charge on any atom is 0.176 e. The van der Waals surface area contributed by atoms with Crippen molar-refractivity contribution in [1.29, 1.82) is 0 Å². The van der Waals surface area contributed by atoms with Crippen molar-refractivity contribution in [3.63, 3.8) is 0 Å². The first-order valence-corrected chi connectivity index (χ1v) is 7.60. The van der Waals surface area contributed by atoms with Crippen molar-refractivity contribution >= 4 is 21.7 Å². The second-order valence-corrected chi connectivity index (χ2v) is 6.58. The van der Waals surface area contributed by atoms with Crippen LogP contribution in [-0.4, -0.2) is 66.6 Å². The van der Waals surface area contributed by atoms with Gasteiger partial charge in [0.25, 0.3) is 0 Å². The number of ketones is 1. The van der Waals surface area contributed by atoms with Crippen LogP contribution in [0.25, 0.3) is 0 Å². The predicted octanol–water partition coefficient (Wildman–Crippen LogP) is 1.63. The minimum atomic E-state index is -0.324. The van der Waals surface area contributed by atoms with Crippen molar-refractivity contribution in [3.05, 3.63) is 34.3 Å². The van der Waals surface area contributed by atoms with Gasteiger partial charge in [0.15, 0.2) is 5.78 Å². The van der Waals surface area contributed by atoms with E-state index in [0.29, 0.717) is 18.7 Å². The molecule has 110 valence electrons. The quantitative estimate of drug-likeness (QED) is 0.827. The minimum absolute atomic E-state index is 0.101. The van der Waals surface area contributed by atoms with Gasteiger partial charge in [-0.1, -0.05) is 28.1 Å². The zero-order chi connectivity index (χ0) is 14.7. The lowest BCUT2D eigenvalue weighted by Crippen LogP contribution is -2.40. The summed E-state index contributed by atoms with van der Waals surface area (Å²) < 4.78 is 0.912. The van der Waals surface area contributed by atoms with Crippen LogP contribution in [0.5, 0.6) is 0 Å². The first kappa shape index (κ1) is 15.6. The van der Waals surface area contributed by atoms with Crippen LogP contribution in [0, 0.1) is 0 Å². The van der Waals surface area contributed by atoms with Crippen LogP contribution < -0.4 is 0 Å². The Bertz CT molecular complexity index is 479. The van der Waals surface area contributed by atoms with E-state index in [1.807, 2.05) is 38.4 Å². The van der Waals surface area contributed by atoms with E-state index in [1.165, 1.54) is 0 Å². The van der Waals surface area contributed by atoms with Gasteiger partial charge in [0.05, 0.1) is 12.6 Å². The van der Waals surface area contributed by atoms with E-state index in [1.54, 1.807) is 0 Å². The number of β-amino-alcohol motifs (C(OH)–C–C–N with tert-alkyl or cyclic N) is 1. The topological polar surface area (TPSA) is 43.8 Å². The number of benzene rings is 1. The van der Waals surface area contributed by atoms with Gasteiger partial charge in [-0.3, -0.25) is 9.69 Å². The Morgan fingerprint density at radius 1 is 1.50 bits per heavy atom. The standard InChI is InChI=1S/C15H21BrN2O2/c1-17(2)8-13-7-14(19)9-18(13)10-15(20)11-4-3-5-12(16)6-11/h3-6,13-14,19H,7-10H2,1-2H3. The molecule has 0 saturated carbocycles. The number of aliphatic hydroxyl groups is 1. The van der Waals surface area contributed by atoms with Crippen LogP contribution in [0.4, 0.5) is 0 Å². The lowest BCUT2D eigenvalue weighted by Gasteiger charge is -2.26. The van der Waals surface area contributed by atoms with Gasteiger partial charge in [-0.15, -0.1) is 0 Å². The summed E-state index contributed by atoms with van der Waals surface area (Å²) >= 11 is 3.38. The molecule has 5 heteroatoms. The Kier molecular flexibility index (Phi) is 5.32. The van der Waals surface area contributed by atoms with E-state index in [2.05, 4.69) is 25.7 Å². The lowest BCUT2D eigenvalue weighted by molar-refractivity contribution is 0.0902. The summed E-state index contributed by atoms with van der Waals surface area (Å²) in [7, 11) is 4.03. The Labute approximate surface area is 128 Å². The summed E-state index contributed by atoms with van der Waals surface area (Å²) in [4.78, 5) is 16.5. The first-order chi connectivity index (χ1) is 9.45. The van der Waals surface area contributed by atoms with Gasteiger partial charge in [0.2, 0.25) is 0 Å². The lowest BCUT2D eigenvalue weighted by atomic mass is 10.1. The third kappa shape index (κ3) is 4.12. The summed E-state index contributed by atoms with van der Waals surface area (Å²) in [6, 6.07) is 7.70. The number of likely N-dealkylation sites (tertiary alicyclic amines) is 1. The first-order valence-electron chi connectivity index (χ1n) is 6.81. The third-order valence-electron chi connectivity index (χ3n) is 3.57. The molecule has 0 spiro atoms. The maximum absolute atomic E-state index is 12.3. The molecule has 0 amide bonds. The molecule has 1 fully saturated rings. The highest BCUT2D eigenvalue weighted by atomic mass is 79.9. The fourth-order valence-electron chi connectivity index (χ4n) is 2.70. The molecule has 0 radical (unpaired) electrons. The van der Waals surface area contributed by atoms with E-state index in [4.69, 9.17) is 0 Å². The second-order valence-electron chi connectivity index (χ2n) is 5.67. The molecule has 2 rings (SSSR count). The average Bonchev–Trinajstić information content (AvgIpc) is 2.68. The molecule has 2 unspecified atom stereocenters. The summed E-state index contributed by atoms with van der Waals surface area (Å²) in [5.74, 6) is 0.101. The van der Waals surface area contributed by atoms with E-state index >= 15 is 0 Å². The highest BCUT2D eigenvalue weighted by molar-refractivity contribution is 9.10. The Morgan fingerprint density at radius 2 is 2.25 bits per heavy atom. The Hall–Kier alpha value is -0.750. The Balaban J connectivity index is 2.02. The molecule has 0 aliphatic carbocycles. The van der Waals surface area contributed by atoms with Crippen molar-refractivity contribution in [2.45, 2.75) is 18.6 Å². The molecule has 1 saturated heterocycles. The third-order valence-corrected chi connectivity index (χ3v) is 4.07. The van der Waals surface area contributed by atoms with Crippen LogP contribution in [0.2, 0.25) is 0 Å². The fourth-order valence-corrected chi connectivity index (χ4v) is 3.10. The smallest absolute Gasteiger partial charge is 0.176 e. The highest BCUT2D eigenvalue weighted by Crippen LogP contribution is 2.20. The summed E-state index contributed by atoms with van der Waals surface area (Å²) in [5.41, 5.74) is 0.712. The van der Waals surface area contributed by atoms with Crippen molar-refractivity contribution in [3.8, 4) is 0 Å². The number of likely N-dealkylation sites (N-methyl/N-ethyl adjacent to an activating group) is 1. The predicted molar refractivity (Wildman–Crippen MR) is 83.0 cm³/mol. The summed E-state index contributed by atoms with van der Waals surface area (Å²) in [6.45, 7) is 1.81.